The number of rotatable bonds is 7. The Morgan fingerprint density at radius 2 is 2.03 bits per heavy atom. The molecule has 0 aliphatic carbocycles. The summed E-state index contributed by atoms with van der Waals surface area (Å²) >= 11 is 0. The van der Waals surface area contributed by atoms with Crippen molar-refractivity contribution in [2.45, 2.75) is 50.7 Å². The van der Waals surface area contributed by atoms with E-state index < -0.39 is 27.8 Å². The highest BCUT2D eigenvalue weighted by atomic mass is 32.2. The third-order valence-electron chi connectivity index (χ3n) is 3.95. The van der Waals surface area contributed by atoms with Gasteiger partial charge in [-0.3, -0.25) is 4.98 Å². The van der Waals surface area contributed by atoms with Gasteiger partial charge < -0.3 is 9.64 Å². The number of ether oxygens (including phenoxy) is 1. The predicted molar refractivity (Wildman–Crippen MR) is 113 cm³/mol. The van der Waals surface area contributed by atoms with Crippen molar-refractivity contribution in [1.82, 2.24) is 14.6 Å². The number of sulfonamides is 1. The van der Waals surface area contributed by atoms with Crippen LogP contribution in [-0.2, 0) is 14.8 Å². The molecule has 0 bridgehead atoms. The van der Waals surface area contributed by atoms with Crippen LogP contribution in [0.2, 0.25) is 0 Å². The Morgan fingerprint density at radius 3 is 2.69 bits per heavy atom. The molecule has 7 nitrogen and oxygen atoms in total. The number of terminal acetylenes is 1. The number of nitrogens with one attached hydrogen (secondary N) is 1. The molecule has 0 spiro atoms. The third-order valence-corrected chi connectivity index (χ3v) is 5.54. The summed E-state index contributed by atoms with van der Waals surface area (Å²) in [5.74, 6) is 2.49. The average molecular weight is 418 g/mol. The van der Waals surface area contributed by atoms with Crippen molar-refractivity contribution in [3.05, 3.63) is 36.7 Å². The van der Waals surface area contributed by atoms with Crippen molar-refractivity contribution in [2.75, 3.05) is 13.1 Å². The van der Waals surface area contributed by atoms with Gasteiger partial charge in [0.25, 0.3) is 0 Å². The lowest BCUT2D eigenvalue weighted by atomic mass is 10.2. The highest BCUT2D eigenvalue weighted by molar-refractivity contribution is 7.89. The summed E-state index contributed by atoms with van der Waals surface area (Å²) in [6, 6.07) is 6.04. The molecule has 0 fully saturated rings. The molecule has 1 atom stereocenters. The van der Waals surface area contributed by atoms with Gasteiger partial charge in [-0.25, -0.2) is 17.9 Å². The van der Waals surface area contributed by atoms with E-state index >= 15 is 0 Å². The zero-order valence-corrected chi connectivity index (χ0v) is 18.0. The summed E-state index contributed by atoms with van der Waals surface area (Å²) in [6.07, 6.45) is 8.41. The van der Waals surface area contributed by atoms with Gasteiger partial charge in [0, 0.05) is 43.3 Å². The van der Waals surface area contributed by atoms with Crippen LogP contribution in [0.25, 0.3) is 10.8 Å². The fourth-order valence-electron chi connectivity index (χ4n) is 2.71. The molecule has 2 aromatic rings. The van der Waals surface area contributed by atoms with Gasteiger partial charge >= 0.3 is 6.09 Å². The first-order valence-corrected chi connectivity index (χ1v) is 10.8. The molecule has 8 heteroatoms. The van der Waals surface area contributed by atoms with Gasteiger partial charge in [-0.05, 0) is 51.3 Å². The van der Waals surface area contributed by atoms with Crippen molar-refractivity contribution in [3.8, 4) is 12.3 Å². The Kier molecular flexibility index (Phi) is 7.22. The number of carbonyl (C=O) groups excluding carboxylic acids is 1. The third kappa shape index (κ3) is 6.73. The molecule has 1 heterocycles. The van der Waals surface area contributed by atoms with Gasteiger partial charge in [0.05, 0.1) is 4.90 Å². The molecule has 0 aliphatic rings. The monoisotopic (exact) mass is 417 g/mol. The molecule has 0 aliphatic heterocycles. The van der Waals surface area contributed by atoms with Crippen LogP contribution in [-0.4, -0.2) is 49.1 Å². The molecule has 1 aromatic carbocycles. The second kappa shape index (κ2) is 9.25. The molecule has 1 N–H and O–H groups in total. The van der Waals surface area contributed by atoms with E-state index in [-0.39, 0.29) is 18.0 Å². The number of aromatic nitrogens is 1. The Morgan fingerprint density at radius 1 is 1.31 bits per heavy atom. The molecule has 1 amide bonds. The van der Waals surface area contributed by atoms with Gasteiger partial charge in [-0.2, -0.15) is 0 Å². The Labute approximate surface area is 172 Å². The maximum Gasteiger partial charge on any atom is 0.410 e. The first kappa shape index (κ1) is 22.7. The summed E-state index contributed by atoms with van der Waals surface area (Å²) in [4.78, 5) is 18.0. The largest absolute Gasteiger partial charge is 0.444 e. The summed E-state index contributed by atoms with van der Waals surface area (Å²) in [6.45, 7) is 7.41. The van der Waals surface area contributed by atoms with E-state index in [2.05, 4.69) is 15.6 Å². The van der Waals surface area contributed by atoms with E-state index in [9.17, 15) is 13.2 Å². The quantitative estimate of drug-likeness (QED) is 0.699. The minimum Gasteiger partial charge on any atom is -0.444 e. The second-order valence-electron chi connectivity index (χ2n) is 7.79. The summed E-state index contributed by atoms with van der Waals surface area (Å²) in [5.41, 5.74) is -0.659. The maximum atomic E-state index is 12.8. The number of nitrogens with zero attached hydrogens (tertiary/aromatic N) is 2. The standard InChI is InChI=1S/C21H27N3O4S/c1-6-7-12-24(20(25)28-21(3,4)5)15-16(2)23-29(26,27)19-9-8-18-14-22-11-10-17(18)13-19/h1,8-11,13-14,16,23H,7,12,15H2,2-5H3. The number of hydrogen-bond donors (Lipinski definition) is 1. The molecular formula is C21H27N3O4S. The van der Waals surface area contributed by atoms with E-state index in [0.717, 1.165) is 10.8 Å². The highest BCUT2D eigenvalue weighted by Crippen LogP contribution is 2.18. The zero-order chi connectivity index (χ0) is 21.7. The molecule has 156 valence electrons. The molecule has 2 rings (SSSR count). The van der Waals surface area contributed by atoms with Gasteiger partial charge in [0.15, 0.2) is 0 Å². The van der Waals surface area contributed by atoms with Crippen molar-refractivity contribution < 1.29 is 17.9 Å². The van der Waals surface area contributed by atoms with E-state index in [1.807, 2.05) is 0 Å². The smallest absolute Gasteiger partial charge is 0.410 e. The molecular weight excluding hydrogens is 390 g/mol. The summed E-state index contributed by atoms with van der Waals surface area (Å²) in [5, 5.41) is 1.63. The van der Waals surface area contributed by atoms with Crippen molar-refractivity contribution in [1.29, 1.82) is 0 Å². The predicted octanol–water partition coefficient (Wildman–Crippen LogP) is 3.16. The topological polar surface area (TPSA) is 88.6 Å². The number of carbonyl (C=O) groups is 1. The fourth-order valence-corrected chi connectivity index (χ4v) is 3.98. The lowest BCUT2D eigenvalue weighted by Crippen LogP contribution is -2.46. The Balaban J connectivity index is 2.13. The highest BCUT2D eigenvalue weighted by Gasteiger charge is 2.25. The Bertz CT molecular complexity index is 1010. The first-order chi connectivity index (χ1) is 13.5. The SMILES string of the molecule is C#CCCN(CC(C)NS(=O)(=O)c1ccc2cnccc2c1)C(=O)OC(C)(C)C. The van der Waals surface area contributed by atoms with Crippen molar-refractivity contribution in [2.24, 2.45) is 0 Å². The zero-order valence-electron chi connectivity index (χ0n) is 17.2. The normalized spacial score (nSPS) is 12.9. The van der Waals surface area contributed by atoms with Gasteiger partial charge in [-0.1, -0.05) is 6.07 Å². The molecule has 1 aromatic heterocycles. The minimum absolute atomic E-state index is 0.132. The lowest BCUT2D eigenvalue weighted by Gasteiger charge is -2.29. The van der Waals surface area contributed by atoms with Crippen LogP contribution in [0.1, 0.15) is 34.1 Å². The Hall–Kier alpha value is -2.63. The molecule has 0 radical (unpaired) electrons. The van der Waals surface area contributed by atoms with Crippen LogP contribution in [0.3, 0.4) is 0 Å². The van der Waals surface area contributed by atoms with Crippen LogP contribution in [0.15, 0.2) is 41.6 Å². The van der Waals surface area contributed by atoms with Crippen molar-refractivity contribution in [3.63, 3.8) is 0 Å². The first-order valence-electron chi connectivity index (χ1n) is 9.29. The van der Waals surface area contributed by atoms with Gasteiger partial charge in [0.1, 0.15) is 5.60 Å². The number of hydrogen-bond acceptors (Lipinski definition) is 5. The number of benzene rings is 1. The van der Waals surface area contributed by atoms with Crippen LogP contribution >= 0.6 is 0 Å². The van der Waals surface area contributed by atoms with E-state index in [1.54, 1.807) is 58.3 Å². The van der Waals surface area contributed by atoms with Gasteiger partial charge in [-0.15, -0.1) is 12.3 Å². The summed E-state index contributed by atoms with van der Waals surface area (Å²) in [7, 11) is -3.77. The number of amides is 1. The van der Waals surface area contributed by atoms with E-state index in [1.165, 1.54) is 11.0 Å². The van der Waals surface area contributed by atoms with Crippen molar-refractivity contribution >= 4 is 26.9 Å². The van der Waals surface area contributed by atoms with E-state index in [4.69, 9.17) is 11.2 Å². The van der Waals surface area contributed by atoms with Crippen LogP contribution < -0.4 is 4.72 Å². The minimum atomic E-state index is -3.77. The number of fused-ring (bicyclic) bond motifs is 1. The van der Waals surface area contributed by atoms with E-state index in [0.29, 0.717) is 6.42 Å². The second-order valence-corrected chi connectivity index (χ2v) is 9.50. The molecule has 0 saturated carbocycles. The number of pyridine rings is 1. The molecule has 29 heavy (non-hydrogen) atoms. The summed E-state index contributed by atoms with van der Waals surface area (Å²) < 4.78 is 33.6. The maximum absolute atomic E-state index is 12.8. The lowest BCUT2D eigenvalue weighted by molar-refractivity contribution is 0.0243. The van der Waals surface area contributed by atoms with Crippen LogP contribution in [0.5, 0.6) is 0 Å². The molecule has 1 unspecified atom stereocenters. The van der Waals surface area contributed by atoms with Crippen LogP contribution in [0, 0.1) is 12.3 Å². The molecule has 0 saturated heterocycles. The average Bonchev–Trinajstić information content (AvgIpc) is 2.62. The fraction of sp³-hybridized carbons (Fsp3) is 0.429. The van der Waals surface area contributed by atoms with Crippen LogP contribution in [0.4, 0.5) is 4.79 Å². The van der Waals surface area contributed by atoms with Gasteiger partial charge in [0.2, 0.25) is 10.0 Å².